The maximum atomic E-state index is 9.32. The molecule has 0 spiro atoms. The Morgan fingerprint density at radius 3 is 2.90 bits per heavy atom. The van der Waals surface area contributed by atoms with Crippen LogP contribution < -0.4 is 10.6 Å². The molecule has 0 bridgehead atoms. The fourth-order valence-corrected chi connectivity index (χ4v) is 2.22. The van der Waals surface area contributed by atoms with Crippen LogP contribution >= 0.6 is 0 Å². The van der Waals surface area contributed by atoms with Crippen molar-refractivity contribution in [1.29, 1.82) is 0 Å². The Kier molecular flexibility index (Phi) is 3.92. The van der Waals surface area contributed by atoms with Crippen LogP contribution in [0.25, 0.3) is 11.2 Å². The summed E-state index contributed by atoms with van der Waals surface area (Å²) in [6.45, 7) is 3.01. The van der Waals surface area contributed by atoms with Gasteiger partial charge in [-0.2, -0.15) is 9.97 Å². The normalized spacial score (nSPS) is 16.1. The highest BCUT2D eigenvalue weighted by Gasteiger charge is 2.22. The number of hydrogen-bond donors (Lipinski definition) is 3. The second kappa shape index (κ2) is 5.85. The van der Waals surface area contributed by atoms with Gasteiger partial charge in [0.25, 0.3) is 0 Å². The number of aromatic nitrogens is 4. The Labute approximate surface area is 123 Å². The Bertz CT molecular complexity index is 617. The summed E-state index contributed by atoms with van der Waals surface area (Å²) in [5.41, 5.74) is 1.58. The highest BCUT2D eigenvalue weighted by atomic mass is 16.3. The van der Waals surface area contributed by atoms with Gasteiger partial charge in [0, 0.05) is 13.6 Å². The summed E-state index contributed by atoms with van der Waals surface area (Å²) in [6, 6.07) is -0.0352. The number of nitrogens with one attached hydrogen (secondary N) is 2. The van der Waals surface area contributed by atoms with Crippen LogP contribution in [0.2, 0.25) is 0 Å². The van der Waals surface area contributed by atoms with E-state index in [0.29, 0.717) is 5.95 Å². The van der Waals surface area contributed by atoms with Gasteiger partial charge >= 0.3 is 0 Å². The fourth-order valence-electron chi connectivity index (χ4n) is 2.22. The van der Waals surface area contributed by atoms with Gasteiger partial charge in [0.2, 0.25) is 5.95 Å². The van der Waals surface area contributed by atoms with Gasteiger partial charge in [-0.3, -0.25) is 0 Å². The standard InChI is InChI=1S/C14H22N6O/c1-3-10(7-21)17-14-18-12(15-6-9-4-5-9)11-13(19-14)20(2)8-16-11/h8-10,21H,3-7H2,1-2H3,(H2,15,17,18,19). The largest absolute Gasteiger partial charge is 0.394 e. The van der Waals surface area contributed by atoms with E-state index in [1.165, 1.54) is 12.8 Å². The Balaban J connectivity index is 1.90. The first-order chi connectivity index (χ1) is 10.2. The second-order valence-electron chi connectivity index (χ2n) is 5.68. The molecule has 0 saturated heterocycles. The van der Waals surface area contributed by atoms with Gasteiger partial charge < -0.3 is 20.3 Å². The minimum Gasteiger partial charge on any atom is -0.394 e. The van der Waals surface area contributed by atoms with E-state index in [2.05, 4.69) is 25.6 Å². The van der Waals surface area contributed by atoms with E-state index in [1.807, 2.05) is 18.5 Å². The molecule has 114 valence electrons. The molecule has 21 heavy (non-hydrogen) atoms. The molecule has 2 aromatic heterocycles. The van der Waals surface area contributed by atoms with Crippen LogP contribution in [0, 0.1) is 5.92 Å². The lowest BCUT2D eigenvalue weighted by atomic mass is 10.2. The number of anilines is 2. The number of nitrogens with zero attached hydrogens (tertiary/aromatic N) is 4. The molecular formula is C14H22N6O. The molecule has 1 atom stereocenters. The van der Waals surface area contributed by atoms with Crippen LogP contribution in [0.3, 0.4) is 0 Å². The van der Waals surface area contributed by atoms with Gasteiger partial charge in [-0.1, -0.05) is 6.92 Å². The topological polar surface area (TPSA) is 87.9 Å². The SMILES string of the molecule is CCC(CO)Nc1nc(NCC2CC2)c2ncn(C)c2n1. The maximum absolute atomic E-state index is 9.32. The van der Waals surface area contributed by atoms with Crippen LogP contribution in [0.1, 0.15) is 26.2 Å². The minimum absolute atomic E-state index is 0.0352. The predicted octanol–water partition coefficient (Wildman–Crippen LogP) is 1.37. The van der Waals surface area contributed by atoms with E-state index in [-0.39, 0.29) is 12.6 Å². The van der Waals surface area contributed by atoms with Crippen molar-refractivity contribution in [3.63, 3.8) is 0 Å². The predicted molar refractivity (Wildman–Crippen MR) is 82.3 cm³/mol. The summed E-state index contributed by atoms with van der Waals surface area (Å²) in [7, 11) is 1.92. The summed E-state index contributed by atoms with van der Waals surface area (Å²) < 4.78 is 1.88. The molecule has 3 N–H and O–H groups in total. The first-order valence-electron chi connectivity index (χ1n) is 7.51. The molecule has 1 aliphatic rings. The van der Waals surface area contributed by atoms with E-state index in [1.54, 1.807) is 6.33 Å². The number of aryl methyl sites for hydroxylation is 1. The van der Waals surface area contributed by atoms with Gasteiger partial charge in [-0.05, 0) is 25.2 Å². The van der Waals surface area contributed by atoms with Gasteiger partial charge in [-0.25, -0.2) is 4.98 Å². The van der Waals surface area contributed by atoms with Crippen molar-refractivity contribution in [3.8, 4) is 0 Å². The smallest absolute Gasteiger partial charge is 0.227 e. The van der Waals surface area contributed by atoms with Crippen molar-refractivity contribution >= 4 is 22.9 Å². The van der Waals surface area contributed by atoms with Crippen LogP contribution in [-0.2, 0) is 7.05 Å². The van der Waals surface area contributed by atoms with Crippen molar-refractivity contribution < 1.29 is 5.11 Å². The summed E-state index contributed by atoms with van der Waals surface area (Å²) in [4.78, 5) is 13.4. The maximum Gasteiger partial charge on any atom is 0.227 e. The molecule has 0 radical (unpaired) electrons. The summed E-state index contributed by atoms with van der Waals surface area (Å²) in [5.74, 6) is 2.06. The quantitative estimate of drug-likeness (QED) is 0.714. The van der Waals surface area contributed by atoms with Crippen molar-refractivity contribution in [1.82, 2.24) is 19.5 Å². The molecule has 1 saturated carbocycles. The molecular weight excluding hydrogens is 268 g/mol. The number of hydrogen-bond acceptors (Lipinski definition) is 6. The molecule has 2 aromatic rings. The molecule has 1 unspecified atom stereocenters. The van der Waals surface area contributed by atoms with E-state index in [0.717, 1.165) is 35.9 Å². The molecule has 0 amide bonds. The van der Waals surface area contributed by atoms with Gasteiger partial charge in [-0.15, -0.1) is 0 Å². The summed E-state index contributed by atoms with van der Waals surface area (Å²) in [6.07, 6.45) is 5.14. The third-order valence-electron chi connectivity index (χ3n) is 3.86. The third-order valence-corrected chi connectivity index (χ3v) is 3.86. The van der Waals surface area contributed by atoms with E-state index < -0.39 is 0 Å². The molecule has 0 aromatic carbocycles. The lowest BCUT2D eigenvalue weighted by Crippen LogP contribution is -2.24. The van der Waals surface area contributed by atoms with Crippen molar-refractivity contribution in [2.45, 2.75) is 32.2 Å². The van der Waals surface area contributed by atoms with Gasteiger partial charge in [0.15, 0.2) is 17.0 Å². The molecule has 1 fully saturated rings. The van der Waals surface area contributed by atoms with Crippen molar-refractivity contribution in [3.05, 3.63) is 6.33 Å². The first-order valence-corrected chi connectivity index (χ1v) is 7.51. The molecule has 2 heterocycles. The highest BCUT2D eigenvalue weighted by Crippen LogP contribution is 2.29. The molecule has 0 aliphatic heterocycles. The Hall–Kier alpha value is -1.89. The average Bonchev–Trinajstić information content (AvgIpc) is 3.26. The minimum atomic E-state index is -0.0352. The fraction of sp³-hybridized carbons (Fsp3) is 0.643. The average molecular weight is 290 g/mol. The van der Waals surface area contributed by atoms with Crippen LogP contribution in [0.4, 0.5) is 11.8 Å². The number of fused-ring (bicyclic) bond motifs is 1. The molecule has 3 rings (SSSR count). The number of rotatable bonds is 7. The van der Waals surface area contributed by atoms with E-state index >= 15 is 0 Å². The zero-order chi connectivity index (χ0) is 14.8. The van der Waals surface area contributed by atoms with Crippen LogP contribution in [0.5, 0.6) is 0 Å². The Morgan fingerprint density at radius 1 is 1.43 bits per heavy atom. The molecule has 7 nitrogen and oxygen atoms in total. The molecule has 7 heteroatoms. The lowest BCUT2D eigenvalue weighted by molar-refractivity contribution is 0.271. The zero-order valence-electron chi connectivity index (χ0n) is 12.5. The van der Waals surface area contributed by atoms with Crippen molar-refractivity contribution in [2.24, 2.45) is 13.0 Å². The summed E-state index contributed by atoms with van der Waals surface area (Å²) >= 11 is 0. The zero-order valence-corrected chi connectivity index (χ0v) is 12.5. The van der Waals surface area contributed by atoms with Gasteiger partial charge in [0.05, 0.1) is 19.0 Å². The lowest BCUT2D eigenvalue weighted by Gasteiger charge is -2.15. The Morgan fingerprint density at radius 2 is 2.24 bits per heavy atom. The van der Waals surface area contributed by atoms with Crippen LogP contribution in [0.15, 0.2) is 6.33 Å². The summed E-state index contributed by atoms with van der Waals surface area (Å²) in [5, 5.41) is 15.9. The number of aliphatic hydroxyl groups excluding tert-OH is 1. The number of aliphatic hydroxyl groups is 1. The van der Waals surface area contributed by atoms with Crippen LogP contribution in [-0.4, -0.2) is 43.8 Å². The first kappa shape index (κ1) is 14.1. The number of imidazole rings is 1. The van der Waals surface area contributed by atoms with E-state index in [9.17, 15) is 5.11 Å². The van der Waals surface area contributed by atoms with E-state index in [4.69, 9.17) is 0 Å². The molecule has 1 aliphatic carbocycles. The second-order valence-corrected chi connectivity index (χ2v) is 5.68. The highest BCUT2D eigenvalue weighted by molar-refractivity contribution is 5.84. The third kappa shape index (κ3) is 3.07. The monoisotopic (exact) mass is 290 g/mol. The van der Waals surface area contributed by atoms with Gasteiger partial charge in [0.1, 0.15) is 0 Å². The van der Waals surface area contributed by atoms with Crippen molar-refractivity contribution in [2.75, 3.05) is 23.8 Å².